The van der Waals surface area contributed by atoms with E-state index < -0.39 is 11.6 Å². The molecule has 3 heteroatoms. The Balaban J connectivity index is 1.76. The van der Waals surface area contributed by atoms with Gasteiger partial charge in [-0.05, 0) is 67.6 Å². The van der Waals surface area contributed by atoms with Crippen molar-refractivity contribution in [1.82, 2.24) is 0 Å². The molecule has 0 bridgehead atoms. The van der Waals surface area contributed by atoms with Gasteiger partial charge < -0.3 is 4.74 Å². The van der Waals surface area contributed by atoms with E-state index in [4.69, 9.17) is 4.74 Å². The maximum absolute atomic E-state index is 14.2. The molecule has 1 aliphatic rings. The molecule has 0 amide bonds. The Morgan fingerprint density at radius 1 is 1.04 bits per heavy atom. The van der Waals surface area contributed by atoms with Crippen LogP contribution >= 0.6 is 0 Å². The maximum atomic E-state index is 14.2. The Bertz CT molecular complexity index is 599. The van der Waals surface area contributed by atoms with Crippen LogP contribution in [-0.2, 0) is 6.42 Å². The molecule has 0 fully saturated rings. The summed E-state index contributed by atoms with van der Waals surface area (Å²) in [5.41, 5.74) is 1.18. The van der Waals surface area contributed by atoms with Gasteiger partial charge in [0, 0.05) is 0 Å². The fourth-order valence-electron chi connectivity index (χ4n) is 4.12. The van der Waals surface area contributed by atoms with Crippen LogP contribution in [0.5, 0.6) is 5.75 Å². The Labute approximate surface area is 164 Å². The van der Waals surface area contributed by atoms with Crippen molar-refractivity contribution in [3.63, 3.8) is 0 Å². The van der Waals surface area contributed by atoms with E-state index in [0.29, 0.717) is 11.5 Å². The molecule has 0 aromatic heterocycles. The molecule has 1 aromatic rings. The summed E-state index contributed by atoms with van der Waals surface area (Å²) in [4.78, 5) is 0. The summed E-state index contributed by atoms with van der Waals surface area (Å²) in [6, 6.07) is 1.73. The highest BCUT2D eigenvalue weighted by atomic mass is 19.2. The summed E-state index contributed by atoms with van der Waals surface area (Å²) in [5, 5.41) is 0. The van der Waals surface area contributed by atoms with Crippen LogP contribution in [0.15, 0.2) is 6.07 Å². The van der Waals surface area contributed by atoms with Gasteiger partial charge in [0.1, 0.15) is 0 Å². The van der Waals surface area contributed by atoms with Crippen LogP contribution in [0, 0.1) is 36.3 Å². The fourth-order valence-corrected chi connectivity index (χ4v) is 4.12. The number of aryl methyl sites for hydroxylation is 2. The summed E-state index contributed by atoms with van der Waals surface area (Å²) in [6.07, 6.45) is 10.2. The molecule has 4 unspecified atom stereocenters. The first-order valence-corrected chi connectivity index (χ1v) is 11.0. The molecule has 27 heavy (non-hydrogen) atoms. The lowest BCUT2D eigenvalue weighted by molar-refractivity contribution is 0.144. The molecule has 0 spiro atoms. The summed E-state index contributed by atoms with van der Waals surface area (Å²) in [6.45, 7) is 10.9. The van der Waals surface area contributed by atoms with Gasteiger partial charge in [-0.2, -0.15) is 4.39 Å². The zero-order valence-electron chi connectivity index (χ0n) is 17.9. The molecule has 4 atom stereocenters. The third kappa shape index (κ3) is 6.19. The van der Waals surface area contributed by atoms with Gasteiger partial charge in [-0.15, -0.1) is 0 Å². The molecule has 0 saturated carbocycles. The predicted octanol–water partition coefficient (Wildman–Crippen LogP) is 7.63. The van der Waals surface area contributed by atoms with Crippen molar-refractivity contribution in [2.45, 2.75) is 98.5 Å². The summed E-state index contributed by atoms with van der Waals surface area (Å²) in [7, 11) is 0. The van der Waals surface area contributed by atoms with E-state index in [9.17, 15) is 8.78 Å². The molecular formula is C24H38F2O. The third-order valence-corrected chi connectivity index (χ3v) is 6.52. The lowest BCUT2D eigenvalue weighted by Gasteiger charge is -2.28. The van der Waals surface area contributed by atoms with Gasteiger partial charge in [0.2, 0.25) is 5.82 Å². The second-order valence-electron chi connectivity index (χ2n) is 8.94. The first kappa shape index (κ1) is 22.2. The molecule has 1 aliphatic heterocycles. The number of hydrogen-bond acceptors (Lipinski definition) is 1. The molecular weight excluding hydrogens is 342 g/mol. The smallest absolute Gasteiger partial charge is 0.201 e. The number of hydrogen-bond donors (Lipinski definition) is 0. The number of unbranched alkanes of at least 4 members (excludes halogenated alkanes) is 1. The lowest BCUT2D eigenvalue weighted by atomic mass is 9.84. The van der Waals surface area contributed by atoms with E-state index in [2.05, 4.69) is 27.7 Å². The number of fused-ring (bicyclic) bond motifs is 1. The van der Waals surface area contributed by atoms with Crippen LogP contribution in [-0.4, -0.2) is 6.10 Å². The molecule has 154 valence electrons. The first-order chi connectivity index (χ1) is 12.8. The maximum Gasteiger partial charge on any atom is 0.201 e. The van der Waals surface area contributed by atoms with Crippen molar-refractivity contribution < 1.29 is 13.5 Å². The number of benzene rings is 1. The van der Waals surface area contributed by atoms with E-state index in [1.807, 2.05) is 0 Å². The van der Waals surface area contributed by atoms with Crippen molar-refractivity contribution in [2.75, 3.05) is 0 Å². The standard InChI is InChI=1S/C24H38F2O/c1-6-7-8-17(3)18(4)11-9-16(2)10-13-21-14-12-20-15-19(5)22(25)23(26)24(20)27-21/h15-18,21H,6-14H2,1-5H3. The molecule has 1 nitrogen and oxygen atoms in total. The van der Waals surface area contributed by atoms with Crippen LogP contribution in [0.1, 0.15) is 90.2 Å². The van der Waals surface area contributed by atoms with Crippen LogP contribution in [0.2, 0.25) is 0 Å². The second kappa shape index (κ2) is 10.4. The quantitative estimate of drug-likeness (QED) is 0.405. The third-order valence-electron chi connectivity index (χ3n) is 6.52. The Morgan fingerprint density at radius 3 is 2.44 bits per heavy atom. The van der Waals surface area contributed by atoms with Crippen molar-refractivity contribution in [2.24, 2.45) is 17.8 Å². The van der Waals surface area contributed by atoms with Gasteiger partial charge in [0.05, 0.1) is 6.10 Å². The minimum absolute atomic E-state index is 0.0115. The molecule has 0 radical (unpaired) electrons. The van der Waals surface area contributed by atoms with Crippen LogP contribution in [0.25, 0.3) is 0 Å². The van der Waals surface area contributed by atoms with Gasteiger partial charge in [-0.25, -0.2) is 4.39 Å². The van der Waals surface area contributed by atoms with Gasteiger partial charge >= 0.3 is 0 Å². The highest BCUT2D eigenvalue weighted by molar-refractivity contribution is 5.41. The average molecular weight is 381 g/mol. The molecule has 1 aromatic carbocycles. The molecule has 0 saturated heterocycles. The minimum atomic E-state index is -0.808. The van der Waals surface area contributed by atoms with Gasteiger partial charge in [0.15, 0.2) is 11.6 Å². The van der Waals surface area contributed by atoms with Gasteiger partial charge in [0.25, 0.3) is 0 Å². The van der Waals surface area contributed by atoms with E-state index in [0.717, 1.165) is 43.1 Å². The highest BCUT2D eigenvalue weighted by Gasteiger charge is 2.26. The molecule has 2 rings (SSSR count). The van der Waals surface area contributed by atoms with Gasteiger partial charge in [-0.3, -0.25) is 0 Å². The minimum Gasteiger partial charge on any atom is -0.487 e. The number of rotatable bonds is 10. The first-order valence-electron chi connectivity index (χ1n) is 11.0. The lowest BCUT2D eigenvalue weighted by Crippen LogP contribution is -2.24. The summed E-state index contributed by atoms with van der Waals surface area (Å²) in [5.74, 6) is 0.802. The fraction of sp³-hybridized carbons (Fsp3) is 0.750. The normalized spacial score (nSPS) is 19.9. The van der Waals surface area contributed by atoms with E-state index >= 15 is 0 Å². The van der Waals surface area contributed by atoms with E-state index in [-0.39, 0.29) is 11.9 Å². The van der Waals surface area contributed by atoms with Crippen LogP contribution < -0.4 is 4.74 Å². The summed E-state index contributed by atoms with van der Waals surface area (Å²) < 4.78 is 33.9. The Morgan fingerprint density at radius 2 is 1.74 bits per heavy atom. The second-order valence-corrected chi connectivity index (χ2v) is 8.94. The van der Waals surface area contributed by atoms with Crippen LogP contribution in [0.4, 0.5) is 8.78 Å². The van der Waals surface area contributed by atoms with Crippen molar-refractivity contribution in [3.8, 4) is 5.75 Å². The zero-order valence-corrected chi connectivity index (χ0v) is 17.9. The SMILES string of the molecule is CCCCC(C)C(C)CCC(C)CCC1CCc2cc(C)c(F)c(F)c2O1. The highest BCUT2D eigenvalue weighted by Crippen LogP contribution is 2.35. The molecule has 0 aliphatic carbocycles. The average Bonchev–Trinajstić information content (AvgIpc) is 2.67. The number of halogens is 2. The van der Waals surface area contributed by atoms with Crippen LogP contribution in [0.3, 0.4) is 0 Å². The van der Waals surface area contributed by atoms with Crippen molar-refractivity contribution >= 4 is 0 Å². The van der Waals surface area contributed by atoms with E-state index in [1.165, 1.54) is 32.1 Å². The monoisotopic (exact) mass is 380 g/mol. The van der Waals surface area contributed by atoms with Crippen molar-refractivity contribution in [1.29, 1.82) is 0 Å². The van der Waals surface area contributed by atoms with Gasteiger partial charge in [-0.1, -0.05) is 59.8 Å². The van der Waals surface area contributed by atoms with Crippen molar-refractivity contribution in [3.05, 3.63) is 28.8 Å². The van der Waals surface area contributed by atoms with E-state index in [1.54, 1.807) is 13.0 Å². The molecule has 0 N–H and O–H groups in total. The zero-order chi connectivity index (χ0) is 20.0. The topological polar surface area (TPSA) is 9.23 Å². The summed E-state index contributed by atoms with van der Waals surface area (Å²) >= 11 is 0. The molecule has 1 heterocycles. The Hall–Kier alpha value is -1.12. The number of ether oxygens (including phenoxy) is 1. The predicted molar refractivity (Wildman–Crippen MR) is 109 cm³/mol. The Kier molecular flexibility index (Phi) is 8.57. The largest absolute Gasteiger partial charge is 0.487 e.